The second kappa shape index (κ2) is 6.40. The van der Waals surface area contributed by atoms with E-state index in [4.69, 9.17) is 4.74 Å². The topological polar surface area (TPSA) is 25.8 Å². The summed E-state index contributed by atoms with van der Waals surface area (Å²) in [5.41, 5.74) is 0. The molecule has 1 aromatic carbocycles. The van der Waals surface area contributed by atoms with Crippen molar-refractivity contribution in [2.45, 2.75) is 26.3 Å². The van der Waals surface area contributed by atoms with E-state index in [0.717, 1.165) is 18.7 Å². The molecule has 0 aliphatic rings. The molecule has 0 aliphatic heterocycles. The van der Waals surface area contributed by atoms with Gasteiger partial charge in [0.1, 0.15) is 24.7 Å². The normalized spacial score (nSPS) is 12.5. The molecule has 0 unspecified atom stereocenters. The smallest absolute Gasteiger partial charge is 0.137 e. The van der Waals surface area contributed by atoms with Crippen LogP contribution in [0.5, 0.6) is 5.75 Å². The van der Waals surface area contributed by atoms with Crippen LogP contribution in [0.4, 0.5) is 4.39 Å². The van der Waals surface area contributed by atoms with E-state index in [0.29, 0.717) is 12.6 Å². The summed E-state index contributed by atoms with van der Waals surface area (Å²) >= 11 is 0. The van der Waals surface area contributed by atoms with Gasteiger partial charge in [0.2, 0.25) is 0 Å². The molecule has 2 nitrogen and oxygen atoms in total. The van der Waals surface area contributed by atoms with Gasteiger partial charge in [0.25, 0.3) is 0 Å². The summed E-state index contributed by atoms with van der Waals surface area (Å²) < 4.78 is 18.0. The van der Waals surface area contributed by atoms with Crippen molar-refractivity contribution in [3.63, 3.8) is 0 Å². The van der Waals surface area contributed by atoms with Gasteiger partial charge in [0.15, 0.2) is 0 Å². The molecule has 1 atom stereocenters. The fraction of sp³-hybridized carbons (Fsp3) is 0.500. The molecule has 1 rings (SSSR count). The van der Waals surface area contributed by atoms with Crippen LogP contribution in [0.15, 0.2) is 24.3 Å². The molecule has 1 aromatic rings. The van der Waals surface area contributed by atoms with Gasteiger partial charge in [-0.1, -0.05) is 6.92 Å². The van der Waals surface area contributed by atoms with Gasteiger partial charge >= 0.3 is 0 Å². The molecule has 0 amide bonds. The van der Waals surface area contributed by atoms with Crippen molar-refractivity contribution in [1.82, 2.24) is 0 Å². The highest BCUT2D eigenvalue weighted by Crippen LogP contribution is 2.10. The summed E-state index contributed by atoms with van der Waals surface area (Å²) in [6.45, 7) is 5.96. The first kappa shape index (κ1) is 12.0. The van der Waals surface area contributed by atoms with E-state index in [2.05, 4.69) is 19.2 Å². The first-order valence-corrected chi connectivity index (χ1v) is 5.44. The zero-order valence-corrected chi connectivity index (χ0v) is 9.37. The molecule has 0 saturated heterocycles. The summed E-state index contributed by atoms with van der Waals surface area (Å²) in [6, 6.07) is 6.76. The fourth-order valence-electron chi connectivity index (χ4n) is 1.23. The van der Waals surface area contributed by atoms with Crippen LogP contribution in [-0.4, -0.2) is 19.2 Å². The Bertz CT molecular complexity index is 273. The molecule has 0 heterocycles. The lowest BCUT2D eigenvalue weighted by Crippen LogP contribution is -2.90. The molecule has 0 aromatic heterocycles. The third-order valence-corrected chi connectivity index (χ3v) is 2.41. The summed E-state index contributed by atoms with van der Waals surface area (Å²) in [5.74, 6) is 0.502. The SMILES string of the molecule is CC[C@@H](C)[NH2+]CCOc1ccc(F)cc1. The van der Waals surface area contributed by atoms with Gasteiger partial charge in [-0.05, 0) is 37.6 Å². The average molecular weight is 212 g/mol. The van der Waals surface area contributed by atoms with Crippen molar-refractivity contribution in [2.24, 2.45) is 0 Å². The Balaban J connectivity index is 2.17. The number of hydrogen-bond acceptors (Lipinski definition) is 1. The van der Waals surface area contributed by atoms with Crippen LogP contribution in [0.2, 0.25) is 0 Å². The number of rotatable bonds is 6. The number of hydrogen-bond donors (Lipinski definition) is 1. The van der Waals surface area contributed by atoms with Crippen LogP contribution >= 0.6 is 0 Å². The van der Waals surface area contributed by atoms with Gasteiger partial charge in [-0.2, -0.15) is 0 Å². The molecule has 84 valence electrons. The lowest BCUT2D eigenvalue weighted by molar-refractivity contribution is -0.686. The maximum absolute atomic E-state index is 12.6. The zero-order valence-electron chi connectivity index (χ0n) is 9.37. The second-order valence-electron chi connectivity index (χ2n) is 3.71. The first-order chi connectivity index (χ1) is 7.22. The van der Waals surface area contributed by atoms with Crippen LogP contribution in [0.25, 0.3) is 0 Å². The van der Waals surface area contributed by atoms with Crippen LogP contribution < -0.4 is 10.1 Å². The minimum Gasteiger partial charge on any atom is -0.488 e. The van der Waals surface area contributed by atoms with Crippen LogP contribution in [0, 0.1) is 5.82 Å². The van der Waals surface area contributed by atoms with E-state index in [1.54, 1.807) is 12.1 Å². The molecule has 0 aliphatic carbocycles. The number of halogens is 1. The molecule has 0 bridgehead atoms. The minimum atomic E-state index is -0.228. The van der Waals surface area contributed by atoms with Crippen LogP contribution in [0.3, 0.4) is 0 Å². The van der Waals surface area contributed by atoms with E-state index in [-0.39, 0.29) is 5.82 Å². The molecule has 3 heteroatoms. The lowest BCUT2D eigenvalue weighted by atomic mass is 10.3. The van der Waals surface area contributed by atoms with E-state index >= 15 is 0 Å². The van der Waals surface area contributed by atoms with E-state index in [1.165, 1.54) is 12.1 Å². The predicted molar refractivity (Wildman–Crippen MR) is 58.4 cm³/mol. The monoisotopic (exact) mass is 212 g/mol. The van der Waals surface area contributed by atoms with Crippen molar-refractivity contribution >= 4 is 0 Å². The molecular formula is C12H19FNO+. The van der Waals surface area contributed by atoms with Crippen molar-refractivity contribution in [2.75, 3.05) is 13.2 Å². The number of ether oxygens (including phenoxy) is 1. The third kappa shape index (κ3) is 4.79. The highest BCUT2D eigenvalue weighted by atomic mass is 19.1. The molecular weight excluding hydrogens is 193 g/mol. The highest BCUT2D eigenvalue weighted by molar-refractivity contribution is 5.21. The van der Waals surface area contributed by atoms with E-state index in [1.807, 2.05) is 0 Å². The van der Waals surface area contributed by atoms with Gasteiger partial charge in [-0.15, -0.1) is 0 Å². The van der Waals surface area contributed by atoms with Gasteiger partial charge < -0.3 is 10.1 Å². The van der Waals surface area contributed by atoms with Crippen molar-refractivity contribution in [3.05, 3.63) is 30.1 Å². The Hall–Kier alpha value is -1.09. The number of benzene rings is 1. The van der Waals surface area contributed by atoms with Gasteiger partial charge in [-0.3, -0.25) is 0 Å². The second-order valence-corrected chi connectivity index (χ2v) is 3.71. The Morgan fingerprint density at radius 3 is 2.60 bits per heavy atom. The zero-order chi connectivity index (χ0) is 11.1. The van der Waals surface area contributed by atoms with Crippen molar-refractivity contribution in [3.8, 4) is 5.75 Å². The molecule has 0 radical (unpaired) electrons. The predicted octanol–water partition coefficient (Wildman–Crippen LogP) is 1.57. The number of nitrogens with two attached hydrogens (primary N) is 1. The highest BCUT2D eigenvalue weighted by Gasteiger charge is 2.00. The quantitative estimate of drug-likeness (QED) is 0.712. The van der Waals surface area contributed by atoms with Crippen LogP contribution in [-0.2, 0) is 0 Å². The maximum Gasteiger partial charge on any atom is 0.137 e. The van der Waals surface area contributed by atoms with Gasteiger partial charge in [0.05, 0.1) is 6.04 Å². The molecule has 0 saturated carbocycles. The third-order valence-electron chi connectivity index (χ3n) is 2.41. The largest absolute Gasteiger partial charge is 0.488 e. The standard InChI is InChI=1S/C12H18FNO/c1-3-10(2)14-8-9-15-12-6-4-11(13)5-7-12/h4-7,10,14H,3,8-9H2,1-2H3/p+1/t10-/m1/s1. The van der Waals surface area contributed by atoms with Gasteiger partial charge in [-0.25, -0.2) is 4.39 Å². The number of quaternary nitrogens is 1. The Labute approximate surface area is 90.4 Å². The lowest BCUT2D eigenvalue weighted by Gasteiger charge is -2.09. The Morgan fingerprint density at radius 2 is 2.00 bits per heavy atom. The van der Waals surface area contributed by atoms with Crippen molar-refractivity contribution in [1.29, 1.82) is 0 Å². The van der Waals surface area contributed by atoms with Crippen molar-refractivity contribution < 1.29 is 14.4 Å². The van der Waals surface area contributed by atoms with Gasteiger partial charge in [0, 0.05) is 0 Å². The van der Waals surface area contributed by atoms with Crippen LogP contribution in [0.1, 0.15) is 20.3 Å². The summed E-state index contributed by atoms with van der Waals surface area (Å²) in [7, 11) is 0. The summed E-state index contributed by atoms with van der Waals surface area (Å²) in [6.07, 6.45) is 1.16. The summed E-state index contributed by atoms with van der Waals surface area (Å²) in [5, 5.41) is 2.25. The average Bonchev–Trinajstić information content (AvgIpc) is 2.26. The Kier molecular flexibility index (Phi) is 5.12. The van der Waals surface area contributed by atoms with E-state index in [9.17, 15) is 4.39 Å². The minimum absolute atomic E-state index is 0.228. The Morgan fingerprint density at radius 1 is 1.33 bits per heavy atom. The molecule has 2 N–H and O–H groups in total. The molecule has 0 fully saturated rings. The first-order valence-electron chi connectivity index (χ1n) is 5.44. The fourth-order valence-corrected chi connectivity index (χ4v) is 1.23. The maximum atomic E-state index is 12.6. The molecule has 15 heavy (non-hydrogen) atoms. The summed E-state index contributed by atoms with van der Waals surface area (Å²) in [4.78, 5) is 0. The van der Waals surface area contributed by atoms with E-state index < -0.39 is 0 Å². The molecule has 0 spiro atoms.